The van der Waals surface area contributed by atoms with Crippen LogP contribution in [-0.4, -0.2) is 81.8 Å². The van der Waals surface area contributed by atoms with Gasteiger partial charge in [0.1, 0.15) is 0 Å². The standard InChI is InChI=1S/C24H27N5O2S/c30-23(16-5-6-21-19(13-16)18-3-1-2-4-20(18)26-21)29-14-17(15-29)27-8-10-28(11-9-27)24(31)22-25-7-12-32-22/h5-7,12-13,17,26H,1-4,8-11,14-15H2. The number of nitrogens with one attached hydrogen (secondary N) is 1. The molecule has 3 aromatic rings. The second-order valence-electron chi connectivity index (χ2n) is 9.08. The van der Waals surface area contributed by atoms with Crippen LogP contribution in [0.2, 0.25) is 0 Å². The summed E-state index contributed by atoms with van der Waals surface area (Å²) in [7, 11) is 0. The second-order valence-corrected chi connectivity index (χ2v) is 9.97. The van der Waals surface area contributed by atoms with Crippen molar-refractivity contribution in [2.75, 3.05) is 39.3 Å². The number of aromatic nitrogens is 2. The van der Waals surface area contributed by atoms with Crippen LogP contribution in [0.4, 0.5) is 0 Å². The maximum atomic E-state index is 13.1. The molecule has 3 aliphatic rings. The van der Waals surface area contributed by atoms with Crippen LogP contribution >= 0.6 is 11.3 Å². The number of benzene rings is 1. The minimum absolute atomic E-state index is 0.0346. The molecule has 4 heterocycles. The van der Waals surface area contributed by atoms with Crippen molar-refractivity contribution in [3.63, 3.8) is 0 Å². The van der Waals surface area contributed by atoms with Crippen LogP contribution in [0.5, 0.6) is 0 Å². The summed E-state index contributed by atoms with van der Waals surface area (Å²) < 4.78 is 0. The van der Waals surface area contributed by atoms with Gasteiger partial charge in [-0.3, -0.25) is 14.5 Å². The van der Waals surface area contributed by atoms with E-state index in [2.05, 4.69) is 27.0 Å². The van der Waals surface area contributed by atoms with Gasteiger partial charge in [0.2, 0.25) is 0 Å². The molecule has 0 spiro atoms. The minimum Gasteiger partial charge on any atom is -0.358 e. The van der Waals surface area contributed by atoms with Gasteiger partial charge in [-0.2, -0.15) is 0 Å². The molecular formula is C24H27N5O2S. The third-order valence-electron chi connectivity index (χ3n) is 7.23. The molecule has 0 unspecified atom stereocenters. The van der Waals surface area contributed by atoms with E-state index in [1.807, 2.05) is 21.2 Å². The van der Waals surface area contributed by atoms with Gasteiger partial charge < -0.3 is 14.8 Å². The number of likely N-dealkylation sites (tertiary alicyclic amines) is 1. The molecule has 1 N–H and O–H groups in total. The smallest absolute Gasteiger partial charge is 0.282 e. The van der Waals surface area contributed by atoms with Crippen molar-refractivity contribution >= 4 is 34.1 Å². The fourth-order valence-corrected chi connectivity index (χ4v) is 5.93. The highest BCUT2D eigenvalue weighted by Crippen LogP contribution is 2.30. The fraction of sp³-hybridized carbons (Fsp3) is 0.458. The summed E-state index contributed by atoms with van der Waals surface area (Å²) in [6, 6.07) is 6.51. The van der Waals surface area contributed by atoms with Gasteiger partial charge in [0, 0.05) is 79.0 Å². The van der Waals surface area contributed by atoms with Gasteiger partial charge in [0.05, 0.1) is 0 Å². The fourth-order valence-electron chi connectivity index (χ4n) is 5.33. The molecule has 0 saturated carbocycles. The monoisotopic (exact) mass is 449 g/mol. The van der Waals surface area contributed by atoms with Gasteiger partial charge in [-0.15, -0.1) is 11.3 Å². The molecule has 2 aliphatic heterocycles. The van der Waals surface area contributed by atoms with E-state index in [9.17, 15) is 9.59 Å². The topological polar surface area (TPSA) is 72.5 Å². The summed E-state index contributed by atoms with van der Waals surface area (Å²) in [5.74, 6) is 0.166. The van der Waals surface area contributed by atoms with Gasteiger partial charge in [-0.25, -0.2) is 4.98 Å². The van der Waals surface area contributed by atoms with Gasteiger partial charge in [0.25, 0.3) is 11.8 Å². The quantitative estimate of drug-likeness (QED) is 0.668. The molecule has 0 radical (unpaired) electrons. The molecule has 8 heteroatoms. The number of carbonyl (C=O) groups excluding carboxylic acids is 2. The van der Waals surface area contributed by atoms with E-state index < -0.39 is 0 Å². The molecule has 2 aromatic heterocycles. The predicted octanol–water partition coefficient (Wildman–Crippen LogP) is 2.79. The normalized spacial score (nSPS) is 19.8. The summed E-state index contributed by atoms with van der Waals surface area (Å²) in [4.78, 5) is 39.5. The van der Waals surface area contributed by atoms with E-state index in [1.165, 1.54) is 40.8 Å². The number of H-pyrrole nitrogens is 1. The first-order valence-corrected chi connectivity index (χ1v) is 12.4. The molecule has 1 aromatic carbocycles. The van der Waals surface area contributed by atoms with E-state index in [-0.39, 0.29) is 11.8 Å². The molecule has 166 valence electrons. The first-order chi connectivity index (χ1) is 15.7. The Morgan fingerprint density at radius 3 is 2.59 bits per heavy atom. The first kappa shape index (κ1) is 19.9. The molecule has 0 bridgehead atoms. The van der Waals surface area contributed by atoms with Crippen molar-refractivity contribution in [1.29, 1.82) is 0 Å². The highest BCUT2D eigenvalue weighted by Gasteiger charge is 2.37. The lowest BCUT2D eigenvalue weighted by Gasteiger charge is -2.48. The van der Waals surface area contributed by atoms with E-state index in [4.69, 9.17) is 0 Å². The largest absolute Gasteiger partial charge is 0.358 e. The van der Waals surface area contributed by atoms with Crippen molar-refractivity contribution in [3.8, 4) is 0 Å². The van der Waals surface area contributed by atoms with Crippen molar-refractivity contribution < 1.29 is 9.59 Å². The number of nitrogens with zero attached hydrogens (tertiary/aromatic N) is 4. The minimum atomic E-state index is 0.0346. The predicted molar refractivity (Wildman–Crippen MR) is 124 cm³/mol. The van der Waals surface area contributed by atoms with Gasteiger partial charge >= 0.3 is 0 Å². The van der Waals surface area contributed by atoms with Gasteiger partial charge in [0.15, 0.2) is 5.01 Å². The number of carbonyl (C=O) groups is 2. The zero-order valence-electron chi connectivity index (χ0n) is 18.0. The van der Waals surface area contributed by atoms with Crippen LogP contribution in [0.15, 0.2) is 29.8 Å². The van der Waals surface area contributed by atoms with Crippen LogP contribution in [0.25, 0.3) is 10.9 Å². The highest BCUT2D eigenvalue weighted by atomic mass is 32.1. The highest BCUT2D eigenvalue weighted by molar-refractivity contribution is 7.11. The van der Waals surface area contributed by atoms with Crippen LogP contribution in [0.3, 0.4) is 0 Å². The Morgan fingerprint density at radius 1 is 1.00 bits per heavy atom. The number of thiazole rings is 1. The molecule has 6 rings (SSSR count). The average molecular weight is 450 g/mol. The molecule has 7 nitrogen and oxygen atoms in total. The number of amides is 2. The second kappa shape index (κ2) is 8.01. The zero-order valence-corrected chi connectivity index (χ0v) is 18.9. The van der Waals surface area contributed by atoms with Crippen molar-refractivity contribution in [1.82, 2.24) is 24.7 Å². The van der Waals surface area contributed by atoms with Gasteiger partial charge in [-0.1, -0.05) is 0 Å². The molecule has 2 saturated heterocycles. The van der Waals surface area contributed by atoms with Crippen LogP contribution in [-0.2, 0) is 12.8 Å². The number of rotatable bonds is 3. The van der Waals surface area contributed by atoms with E-state index in [1.54, 1.807) is 6.20 Å². The SMILES string of the molecule is O=C(c1ccc2[nH]c3c(c2c1)CCCC3)N1CC(N2CCN(C(=O)c3nccs3)CC2)C1. The molecular weight excluding hydrogens is 422 g/mol. The molecule has 32 heavy (non-hydrogen) atoms. The molecule has 1 aliphatic carbocycles. The van der Waals surface area contributed by atoms with Gasteiger partial charge in [-0.05, 0) is 49.4 Å². The Balaban J connectivity index is 1.06. The number of hydrogen-bond donors (Lipinski definition) is 1. The zero-order chi connectivity index (χ0) is 21.7. The Labute approximate surface area is 191 Å². The Hall–Kier alpha value is -2.71. The van der Waals surface area contributed by atoms with Crippen molar-refractivity contribution in [2.24, 2.45) is 0 Å². The van der Waals surface area contributed by atoms with Crippen LogP contribution in [0.1, 0.15) is 44.3 Å². The first-order valence-electron chi connectivity index (χ1n) is 11.5. The molecule has 0 atom stereocenters. The summed E-state index contributed by atoms with van der Waals surface area (Å²) >= 11 is 1.40. The lowest BCUT2D eigenvalue weighted by molar-refractivity contribution is 0.00854. The number of fused-ring (bicyclic) bond motifs is 3. The maximum Gasteiger partial charge on any atom is 0.282 e. The summed E-state index contributed by atoms with van der Waals surface area (Å²) in [6.07, 6.45) is 6.37. The van der Waals surface area contributed by atoms with E-state index >= 15 is 0 Å². The van der Waals surface area contributed by atoms with E-state index in [0.717, 1.165) is 63.2 Å². The number of aryl methyl sites for hydroxylation is 2. The summed E-state index contributed by atoms with van der Waals surface area (Å²) in [5, 5.41) is 3.63. The molecule has 2 fully saturated rings. The summed E-state index contributed by atoms with van der Waals surface area (Å²) in [6.45, 7) is 4.68. The summed E-state index contributed by atoms with van der Waals surface area (Å²) in [5.41, 5.74) is 4.71. The Kier molecular flexibility index (Phi) is 4.99. The molecule has 2 amide bonds. The van der Waals surface area contributed by atoms with Crippen molar-refractivity contribution in [2.45, 2.75) is 31.7 Å². The Bertz CT molecular complexity index is 1160. The van der Waals surface area contributed by atoms with Crippen LogP contribution in [0, 0.1) is 0 Å². The number of aromatic amines is 1. The maximum absolute atomic E-state index is 13.1. The van der Waals surface area contributed by atoms with Crippen LogP contribution < -0.4 is 0 Å². The van der Waals surface area contributed by atoms with Crippen molar-refractivity contribution in [3.05, 3.63) is 51.6 Å². The Morgan fingerprint density at radius 2 is 1.81 bits per heavy atom. The lowest BCUT2D eigenvalue weighted by Crippen LogP contribution is -2.64. The third-order valence-corrected chi connectivity index (χ3v) is 7.99. The third kappa shape index (κ3) is 3.42. The lowest BCUT2D eigenvalue weighted by atomic mass is 9.95. The van der Waals surface area contributed by atoms with E-state index in [0.29, 0.717) is 11.0 Å². The number of piperazine rings is 1. The number of hydrogen-bond acceptors (Lipinski definition) is 5. The average Bonchev–Trinajstić information content (AvgIpc) is 3.46.